The van der Waals surface area contributed by atoms with Crippen LogP contribution in [-0.4, -0.2) is 44.7 Å². The lowest BCUT2D eigenvalue weighted by Gasteiger charge is -2.30. The van der Waals surface area contributed by atoms with Crippen molar-refractivity contribution in [3.05, 3.63) is 17.2 Å². The Hall–Kier alpha value is -1.76. The highest BCUT2D eigenvalue weighted by Crippen LogP contribution is 2.21. The van der Waals surface area contributed by atoms with E-state index >= 15 is 0 Å². The maximum absolute atomic E-state index is 12.2. The number of carbonyl (C=O) groups is 2. The molecule has 0 saturated carbocycles. The Morgan fingerprint density at radius 3 is 2.57 bits per heavy atom. The van der Waals surface area contributed by atoms with Crippen LogP contribution in [-0.2, 0) is 29.0 Å². The summed E-state index contributed by atoms with van der Waals surface area (Å²) >= 11 is 5.48. The van der Waals surface area contributed by atoms with Gasteiger partial charge in [0.2, 0.25) is 0 Å². The summed E-state index contributed by atoms with van der Waals surface area (Å²) in [4.78, 5) is 30.3. The molecule has 0 bridgehead atoms. The van der Waals surface area contributed by atoms with Crippen LogP contribution in [0.15, 0.2) is 0 Å². The van der Waals surface area contributed by atoms with E-state index in [2.05, 4.69) is 4.98 Å². The van der Waals surface area contributed by atoms with Gasteiger partial charge in [-0.25, -0.2) is 14.6 Å². The third-order valence-corrected chi connectivity index (χ3v) is 3.52. The van der Waals surface area contributed by atoms with E-state index in [1.807, 2.05) is 27.7 Å². The minimum Gasteiger partial charge on any atom is -0.445 e. The Morgan fingerprint density at radius 2 is 2.00 bits per heavy atom. The predicted molar refractivity (Wildman–Crippen MR) is 84.4 cm³/mol. The molecule has 8 heteroatoms. The molecule has 0 aromatic carbocycles. The van der Waals surface area contributed by atoms with Crippen LogP contribution < -0.4 is 0 Å². The Bertz CT molecular complexity index is 607. The molecule has 1 aliphatic rings. The zero-order valence-electron chi connectivity index (χ0n) is 13.9. The topological polar surface area (TPSA) is 73.7 Å². The number of aryl methyl sites for hydroxylation is 1. The van der Waals surface area contributed by atoms with Gasteiger partial charge in [-0.1, -0.05) is 18.5 Å². The van der Waals surface area contributed by atoms with E-state index in [1.54, 1.807) is 9.47 Å². The van der Waals surface area contributed by atoms with Crippen LogP contribution >= 0.6 is 11.6 Å². The molecule has 7 nitrogen and oxygen atoms in total. The summed E-state index contributed by atoms with van der Waals surface area (Å²) in [6.45, 7) is 8.60. The number of aromatic nitrogens is 2. The number of amides is 1. The molecule has 1 aromatic rings. The molecule has 1 aliphatic heterocycles. The molecule has 0 aliphatic carbocycles. The van der Waals surface area contributed by atoms with Crippen LogP contribution in [0.2, 0.25) is 0 Å². The summed E-state index contributed by atoms with van der Waals surface area (Å²) in [7, 11) is 0. The van der Waals surface area contributed by atoms with Gasteiger partial charge in [0.15, 0.2) is 11.8 Å². The van der Waals surface area contributed by atoms with Gasteiger partial charge in [-0.3, -0.25) is 4.90 Å². The van der Waals surface area contributed by atoms with Gasteiger partial charge in [0.1, 0.15) is 11.4 Å². The molecule has 23 heavy (non-hydrogen) atoms. The van der Waals surface area contributed by atoms with Gasteiger partial charge in [0.05, 0.1) is 12.2 Å². The lowest BCUT2D eigenvalue weighted by molar-refractivity contribution is 0.0194. The fourth-order valence-electron chi connectivity index (χ4n) is 2.46. The third kappa shape index (κ3) is 3.96. The van der Waals surface area contributed by atoms with Crippen molar-refractivity contribution in [2.45, 2.75) is 52.8 Å². The molecule has 0 unspecified atom stereocenters. The molecule has 0 N–H and O–H groups in total. The number of ether oxygens (including phenoxy) is 2. The largest absolute Gasteiger partial charge is 0.445 e. The quantitative estimate of drug-likeness (QED) is 0.623. The van der Waals surface area contributed by atoms with E-state index in [-0.39, 0.29) is 12.2 Å². The zero-order valence-corrected chi connectivity index (χ0v) is 14.6. The molecule has 0 fully saturated rings. The minimum atomic E-state index is -0.548. The van der Waals surface area contributed by atoms with Crippen molar-refractivity contribution in [1.82, 2.24) is 14.5 Å². The van der Waals surface area contributed by atoms with Crippen molar-refractivity contribution in [1.29, 1.82) is 0 Å². The van der Waals surface area contributed by atoms with Gasteiger partial charge < -0.3 is 14.0 Å². The number of hydrogen-bond acceptors (Lipinski definition) is 5. The standard InChI is InChI=1S/C15H22ClN3O4/c1-5-10-12(13(20)22-9-16)19-7-6-18(8-11(19)17-10)14(21)23-15(2,3)4/h5-9H2,1-4H3. The van der Waals surface area contributed by atoms with Gasteiger partial charge in [-0.2, -0.15) is 0 Å². The second-order valence-electron chi connectivity index (χ2n) is 6.27. The van der Waals surface area contributed by atoms with E-state index in [4.69, 9.17) is 21.1 Å². The zero-order chi connectivity index (χ0) is 17.2. The Kier molecular flexibility index (Phi) is 5.19. The summed E-state index contributed by atoms with van der Waals surface area (Å²) < 4.78 is 12.1. The molecular weight excluding hydrogens is 322 g/mol. The lowest BCUT2D eigenvalue weighted by Crippen LogP contribution is -2.42. The SMILES string of the molecule is CCc1nc2n(c1C(=O)OCCl)CCN(C(=O)OC(C)(C)C)C2. The third-order valence-electron chi connectivity index (χ3n) is 3.41. The first-order valence-electron chi connectivity index (χ1n) is 7.56. The number of rotatable bonds is 3. The van der Waals surface area contributed by atoms with Gasteiger partial charge in [0.25, 0.3) is 0 Å². The second-order valence-corrected chi connectivity index (χ2v) is 6.49. The molecule has 0 saturated heterocycles. The molecule has 1 amide bonds. The van der Waals surface area contributed by atoms with Gasteiger partial charge in [-0.15, -0.1) is 0 Å². The highest BCUT2D eigenvalue weighted by Gasteiger charge is 2.31. The minimum absolute atomic E-state index is 0.202. The van der Waals surface area contributed by atoms with E-state index < -0.39 is 11.6 Å². The van der Waals surface area contributed by atoms with Crippen molar-refractivity contribution in [3.63, 3.8) is 0 Å². The first-order chi connectivity index (χ1) is 10.8. The monoisotopic (exact) mass is 343 g/mol. The van der Waals surface area contributed by atoms with Crippen LogP contribution in [0.1, 0.15) is 49.7 Å². The summed E-state index contributed by atoms with van der Waals surface area (Å²) in [5, 5.41) is 0. The summed E-state index contributed by atoms with van der Waals surface area (Å²) in [6.07, 6.45) is 0.216. The maximum atomic E-state index is 12.2. The fraction of sp³-hybridized carbons (Fsp3) is 0.667. The highest BCUT2D eigenvalue weighted by atomic mass is 35.5. The van der Waals surface area contributed by atoms with Crippen molar-refractivity contribution in [2.75, 3.05) is 12.6 Å². The second kappa shape index (κ2) is 6.78. The lowest BCUT2D eigenvalue weighted by atomic mass is 10.2. The Balaban J connectivity index is 2.22. The van der Waals surface area contributed by atoms with Crippen molar-refractivity contribution in [3.8, 4) is 0 Å². The Morgan fingerprint density at radius 1 is 1.30 bits per heavy atom. The number of hydrogen-bond donors (Lipinski definition) is 0. The van der Waals surface area contributed by atoms with Gasteiger partial charge in [0, 0.05) is 13.1 Å². The molecule has 128 valence electrons. The summed E-state index contributed by atoms with van der Waals surface area (Å²) in [5.74, 6) is 0.168. The van der Waals surface area contributed by atoms with Gasteiger partial charge in [-0.05, 0) is 27.2 Å². The molecule has 2 rings (SSSR count). The first-order valence-corrected chi connectivity index (χ1v) is 8.09. The number of alkyl halides is 1. The van der Waals surface area contributed by atoms with E-state index in [0.717, 1.165) is 0 Å². The number of esters is 1. The van der Waals surface area contributed by atoms with Crippen molar-refractivity contribution in [2.24, 2.45) is 0 Å². The number of fused-ring (bicyclic) bond motifs is 1. The van der Waals surface area contributed by atoms with Crippen molar-refractivity contribution >= 4 is 23.7 Å². The van der Waals surface area contributed by atoms with E-state index in [1.165, 1.54) is 0 Å². The Labute approximate surface area is 140 Å². The van der Waals surface area contributed by atoms with Crippen LogP contribution in [0.4, 0.5) is 4.79 Å². The summed E-state index contributed by atoms with van der Waals surface area (Å²) in [6, 6.07) is -0.202. The molecule has 0 radical (unpaired) electrons. The first kappa shape index (κ1) is 17.6. The maximum Gasteiger partial charge on any atom is 0.410 e. The van der Waals surface area contributed by atoms with E-state index in [0.29, 0.717) is 43.3 Å². The van der Waals surface area contributed by atoms with E-state index in [9.17, 15) is 9.59 Å². The van der Waals surface area contributed by atoms with Crippen molar-refractivity contribution < 1.29 is 19.1 Å². The normalized spacial score (nSPS) is 14.4. The molecule has 1 aromatic heterocycles. The molecule has 0 spiro atoms. The van der Waals surface area contributed by atoms with Gasteiger partial charge >= 0.3 is 12.1 Å². The average Bonchev–Trinajstić information content (AvgIpc) is 2.83. The van der Waals surface area contributed by atoms with Crippen LogP contribution in [0.5, 0.6) is 0 Å². The average molecular weight is 344 g/mol. The number of nitrogens with zero attached hydrogens (tertiary/aromatic N) is 3. The van der Waals surface area contributed by atoms with Crippen LogP contribution in [0.25, 0.3) is 0 Å². The highest BCUT2D eigenvalue weighted by molar-refractivity contribution is 6.17. The number of carbonyl (C=O) groups excluding carboxylic acids is 2. The summed E-state index contributed by atoms with van der Waals surface area (Å²) in [5.41, 5.74) is 0.529. The molecule has 0 atom stereocenters. The van der Waals surface area contributed by atoms with Crippen LogP contribution in [0, 0.1) is 0 Å². The molecule has 2 heterocycles. The van der Waals surface area contributed by atoms with Crippen LogP contribution in [0.3, 0.4) is 0 Å². The number of imidazole rings is 1. The predicted octanol–water partition coefficient (Wildman–Crippen LogP) is 2.55. The smallest absolute Gasteiger partial charge is 0.410 e. The number of halogens is 1. The molecular formula is C15H22ClN3O4. The fourth-order valence-corrected chi connectivity index (χ4v) is 2.56.